The highest BCUT2D eigenvalue weighted by atomic mass is 32.2. The zero-order valence-electron chi connectivity index (χ0n) is 61.1. The fourth-order valence-corrected chi connectivity index (χ4v) is 15.1. The quantitative estimate of drug-likeness (QED) is 0.0419. The second-order valence-corrected chi connectivity index (χ2v) is 33.2. The van der Waals surface area contributed by atoms with Crippen LogP contribution in [0.1, 0.15) is 113 Å². The Kier molecular flexibility index (Phi) is 28.2. The van der Waals surface area contributed by atoms with E-state index in [1.54, 1.807) is 56.3 Å². The number of hydrogen-bond acceptors (Lipinski definition) is 16. The first-order chi connectivity index (χ1) is 50.4. The maximum atomic E-state index is 12.0. The first kappa shape index (κ1) is 81.5. The van der Waals surface area contributed by atoms with Crippen molar-refractivity contribution in [2.45, 2.75) is 147 Å². The predicted octanol–water partition coefficient (Wildman–Crippen LogP) is 20.4. The molecule has 0 spiro atoms. The number of phenols is 2. The molecule has 1 atom stereocenters. The summed E-state index contributed by atoms with van der Waals surface area (Å²) in [6.45, 7) is 20.9. The van der Waals surface area contributed by atoms with Crippen molar-refractivity contribution in [2.24, 2.45) is 16.2 Å². The monoisotopic (exact) mass is 1500 g/mol. The summed E-state index contributed by atoms with van der Waals surface area (Å²) in [6, 6.07) is 81.9. The molecule has 1 unspecified atom stereocenters. The van der Waals surface area contributed by atoms with Gasteiger partial charge in [0.25, 0.3) is 0 Å². The van der Waals surface area contributed by atoms with Crippen LogP contribution in [-0.2, 0) is 56.4 Å². The molecule has 13 rings (SSSR count). The minimum atomic E-state index is -4.48. The first-order valence-corrected chi connectivity index (χ1v) is 39.7. The van der Waals surface area contributed by atoms with Crippen LogP contribution in [0.5, 0.6) is 51.7 Å². The van der Waals surface area contributed by atoms with E-state index in [2.05, 4.69) is 123 Å². The van der Waals surface area contributed by atoms with E-state index in [1.165, 1.54) is 77.4 Å². The van der Waals surface area contributed by atoms with E-state index in [4.69, 9.17) is 33.9 Å². The lowest BCUT2D eigenvalue weighted by Crippen LogP contribution is -2.28. The molecule has 552 valence electrons. The number of aromatic hydroxyl groups is 2. The van der Waals surface area contributed by atoms with Gasteiger partial charge in [-0.2, -0.15) is 0 Å². The first-order valence-electron chi connectivity index (χ1n) is 34.5. The van der Waals surface area contributed by atoms with Crippen molar-refractivity contribution in [2.75, 3.05) is 0 Å². The molecule has 0 aliphatic carbocycles. The van der Waals surface area contributed by atoms with Crippen LogP contribution >= 0.6 is 0 Å². The van der Waals surface area contributed by atoms with E-state index in [-0.39, 0.29) is 55.0 Å². The minimum Gasteiger partial charge on any atom is -0.744 e. The molecule has 0 saturated carbocycles. The maximum Gasteiger partial charge on any atom is 0.316 e. The number of carbonyl (C=O) groups excluding carboxylic acids is 3. The van der Waals surface area contributed by atoms with Gasteiger partial charge >= 0.3 is 17.9 Å². The summed E-state index contributed by atoms with van der Waals surface area (Å²) in [5.74, 6) is 5.06. The number of esters is 3. The molecular formula is C86H88O16S4. The largest absolute Gasteiger partial charge is 0.744 e. The Hall–Kier alpha value is -10.2. The summed E-state index contributed by atoms with van der Waals surface area (Å²) >= 11 is 0. The van der Waals surface area contributed by atoms with Crippen molar-refractivity contribution >= 4 is 70.7 Å². The Balaban J connectivity index is 0.000000162. The molecule has 2 N–H and O–H groups in total. The van der Waals surface area contributed by atoms with Crippen molar-refractivity contribution in [3.8, 4) is 51.7 Å². The maximum absolute atomic E-state index is 12.0. The average molecular weight is 1510 g/mol. The third-order valence-corrected chi connectivity index (χ3v) is 24.0. The van der Waals surface area contributed by atoms with Crippen LogP contribution in [0.3, 0.4) is 0 Å². The second kappa shape index (κ2) is 36.7. The Morgan fingerprint density at radius 2 is 0.679 bits per heavy atom. The highest BCUT2D eigenvalue weighted by Gasteiger charge is 2.40. The normalized spacial score (nSPS) is 12.5. The number of fused-ring (bicyclic) bond motifs is 5. The SMILES string of the molecule is CCC(C)(C)C(=O)Oc1ccc(O)cc1.CCC(C)(C)C(=O)Oc1ccc(S(=O)(=O)[O-])cc1.CCC(C)(C)C(=O)Oc1ccc2cc(S(=O)(=O)[O-])ccc2c1.CCC(C)c1ccc(O)cc1.c1ccc([S+]2c3ccccc3Oc3ccccc32)cc1.c1ccc([S+]2c3ccccc3Oc3ccccc32)cc1. The van der Waals surface area contributed by atoms with Crippen molar-refractivity contribution in [3.63, 3.8) is 0 Å². The number of para-hydroxylation sites is 4. The summed E-state index contributed by atoms with van der Waals surface area (Å²) in [7, 11) is -9.12. The second-order valence-electron chi connectivity index (χ2n) is 26.6. The summed E-state index contributed by atoms with van der Waals surface area (Å²) in [4.78, 5) is 42.5. The number of rotatable bonds is 15. The number of ether oxygens (including phenoxy) is 5. The van der Waals surface area contributed by atoms with Gasteiger partial charge in [-0.25, -0.2) is 16.8 Å². The predicted molar refractivity (Wildman–Crippen MR) is 413 cm³/mol. The zero-order chi connectivity index (χ0) is 77.0. The number of hydrogen-bond donors (Lipinski definition) is 2. The van der Waals surface area contributed by atoms with Crippen molar-refractivity contribution < 1.29 is 74.2 Å². The molecule has 0 bridgehead atoms. The van der Waals surface area contributed by atoms with Gasteiger partial charge in [0, 0.05) is 0 Å². The van der Waals surface area contributed by atoms with Gasteiger partial charge in [0.15, 0.2) is 32.8 Å². The Morgan fingerprint density at radius 3 is 1.03 bits per heavy atom. The van der Waals surface area contributed by atoms with E-state index in [1.807, 2.05) is 109 Å². The Morgan fingerprint density at radius 1 is 0.387 bits per heavy atom. The molecule has 16 nitrogen and oxygen atoms in total. The van der Waals surface area contributed by atoms with Crippen molar-refractivity contribution in [3.05, 3.63) is 272 Å². The summed E-state index contributed by atoms with van der Waals surface area (Å²) in [5.41, 5.74) is -0.360. The highest BCUT2D eigenvalue weighted by molar-refractivity contribution is 7.97. The molecule has 0 aromatic heterocycles. The van der Waals surface area contributed by atoms with Crippen LogP contribution in [0.15, 0.2) is 306 Å². The van der Waals surface area contributed by atoms with E-state index < -0.39 is 42.5 Å². The summed E-state index contributed by atoms with van der Waals surface area (Å²) < 4.78 is 92.9. The van der Waals surface area contributed by atoms with Gasteiger partial charge in [-0.05, 0) is 247 Å². The summed E-state index contributed by atoms with van der Waals surface area (Å²) in [6.07, 6.45) is 3.15. The molecule has 0 amide bonds. The lowest BCUT2D eigenvalue weighted by atomic mass is 9.91. The molecule has 2 aliphatic rings. The smallest absolute Gasteiger partial charge is 0.316 e. The molecular weight excluding hydrogens is 1420 g/mol. The highest BCUT2D eigenvalue weighted by Crippen LogP contribution is 2.48. The van der Waals surface area contributed by atoms with E-state index in [0.29, 0.717) is 46.8 Å². The minimum absolute atomic E-state index is 0.0829. The van der Waals surface area contributed by atoms with E-state index in [0.717, 1.165) is 48.0 Å². The third-order valence-electron chi connectivity index (χ3n) is 17.7. The molecule has 106 heavy (non-hydrogen) atoms. The average Bonchev–Trinajstić information content (AvgIpc) is 0.766. The third kappa shape index (κ3) is 22.2. The molecule has 0 fully saturated rings. The fraction of sp³-hybridized carbons (Fsp3) is 0.221. The molecule has 11 aromatic carbocycles. The van der Waals surface area contributed by atoms with Crippen LogP contribution in [0.25, 0.3) is 10.8 Å². The lowest BCUT2D eigenvalue weighted by Gasteiger charge is -2.20. The number of benzene rings is 11. The Bertz CT molecular complexity index is 4770. The number of phenolic OH excluding ortho intramolecular Hbond substituents is 2. The topological polar surface area (TPSA) is 252 Å². The molecule has 20 heteroatoms. The van der Waals surface area contributed by atoms with Crippen LogP contribution in [-0.4, -0.2) is 54.1 Å². The molecule has 11 aromatic rings. The molecule has 0 radical (unpaired) electrons. The standard InChI is InChI=1S/2C18H13OS.C16H18O5S.C12H16O5S.C12H16O3.C10H14O/c2*1-2-8-14(9-3-1)20-17-12-6-4-10-15(17)19-16-11-5-7-13-18(16)20;1-4-16(2,3)15(17)21-13-7-5-12-10-14(22(18,19)20)8-6-11(12)9-13;1-4-12(2,3)11(13)17-9-5-7-10(8-6-9)18(14,15)16;1-4-12(2,3)11(14)15-10-7-5-9(13)6-8-10;1-3-8(2)9-4-6-10(11)7-5-9/h2*1-13H;5-10H,4H2,1-3H3,(H,18,19,20);5-8H,4H2,1-3H3,(H,14,15,16);5-8,13H,4H2,1-3H3;4-8,11H,3H2,1-2H3/q2*+1;;;;/p-2. The van der Waals surface area contributed by atoms with Crippen LogP contribution < -0.4 is 23.7 Å². The van der Waals surface area contributed by atoms with Crippen molar-refractivity contribution in [1.82, 2.24) is 0 Å². The fourth-order valence-electron chi connectivity index (χ4n) is 9.72. The molecule has 2 heterocycles. The van der Waals surface area contributed by atoms with E-state index in [9.17, 15) is 40.3 Å². The van der Waals surface area contributed by atoms with Gasteiger partial charge < -0.3 is 43.0 Å². The number of carbonyl (C=O) groups is 3. The zero-order valence-corrected chi connectivity index (χ0v) is 64.3. The van der Waals surface area contributed by atoms with E-state index >= 15 is 0 Å². The lowest BCUT2D eigenvalue weighted by molar-refractivity contribution is -0.144. The van der Waals surface area contributed by atoms with Crippen LogP contribution in [0.2, 0.25) is 0 Å². The van der Waals surface area contributed by atoms with Gasteiger partial charge in [-0.1, -0.05) is 144 Å². The van der Waals surface area contributed by atoms with Crippen LogP contribution in [0.4, 0.5) is 0 Å². The van der Waals surface area contributed by atoms with Gasteiger partial charge in [-0.3, -0.25) is 14.4 Å². The van der Waals surface area contributed by atoms with Gasteiger partial charge in [-0.15, -0.1) is 0 Å². The van der Waals surface area contributed by atoms with Gasteiger partial charge in [0.2, 0.25) is 19.6 Å². The molecule has 2 aliphatic heterocycles. The van der Waals surface area contributed by atoms with Gasteiger partial charge in [0.05, 0.1) is 26.0 Å². The summed E-state index contributed by atoms with van der Waals surface area (Å²) in [5, 5.41) is 19.3. The Labute approximate surface area is 628 Å². The molecule has 0 saturated heterocycles. The van der Waals surface area contributed by atoms with Gasteiger partial charge in [0.1, 0.15) is 70.8 Å². The van der Waals surface area contributed by atoms with Crippen LogP contribution in [0, 0.1) is 16.2 Å². The van der Waals surface area contributed by atoms with Crippen molar-refractivity contribution in [1.29, 1.82) is 0 Å².